The first-order valence-corrected chi connectivity index (χ1v) is 6.22. The van der Waals surface area contributed by atoms with Gasteiger partial charge in [0.05, 0.1) is 4.90 Å². The first-order chi connectivity index (χ1) is 7.59. The lowest BCUT2D eigenvalue weighted by molar-refractivity contribution is 0.598. The van der Waals surface area contributed by atoms with Crippen LogP contribution < -0.4 is 5.14 Å². The lowest BCUT2D eigenvalue weighted by Crippen LogP contribution is -2.13. The van der Waals surface area contributed by atoms with Crippen LogP contribution in [0.15, 0.2) is 53.4 Å². The van der Waals surface area contributed by atoms with Gasteiger partial charge < -0.3 is 0 Å². The highest BCUT2D eigenvalue weighted by Crippen LogP contribution is 2.25. The Bertz CT molecular complexity index is 591. The minimum Gasteiger partial charge on any atom is -0.225 e. The van der Waals surface area contributed by atoms with Crippen molar-refractivity contribution in [3.05, 3.63) is 54.6 Å². The van der Waals surface area contributed by atoms with Crippen LogP contribution in [0, 0.1) is 6.07 Å². The molecule has 0 atom stereocenters. The Balaban J connectivity index is 2.68. The molecule has 4 heteroatoms. The summed E-state index contributed by atoms with van der Waals surface area (Å²) in [6.45, 7) is 0. The average Bonchev–Trinajstić information content (AvgIpc) is 2.29. The van der Waals surface area contributed by atoms with Gasteiger partial charge in [-0.15, -0.1) is 0 Å². The average molecular weight is 232 g/mol. The molecule has 0 amide bonds. The zero-order chi connectivity index (χ0) is 11.6. The molecule has 2 aromatic carbocycles. The summed E-state index contributed by atoms with van der Waals surface area (Å²) >= 11 is 0. The van der Waals surface area contributed by atoms with E-state index < -0.39 is 10.0 Å². The lowest BCUT2D eigenvalue weighted by Gasteiger charge is -2.06. The van der Waals surface area contributed by atoms with Crippen molar-refractivity contribution < 1.29 is 8.42 Å². The molecule has 2 rings (SSSR count). The third-order valence-electron chi connectivity index (χ3n) is 2.22. The highest BCUT2D eigenvalue weighted by atomic mass is 32.2. The van der Waals surface area contributed by atoms with Gasteiger partial charge in [-0.1, -0.05) is 42.5 Å². The molecule has 16 heavy (non-hydrogen) atoms. The van der Waals surface area contributed by atoms with Crippen molar-refractivity contribution in [1.82, 2.24) is 0 Å². The van der Waals surface area contributed by atoms with Gasteiger partial charge in [0.15, 0.2) is 0 Å². The quantitative estimate of drug-likeness (QED) is 0.858. The fourth-order valence-corrected chi connectivity index (χ4v) is 2.28. The van der Waals surface area contributed by atoms with Crippen LogP contribution in [0.3, 0.4) is 0 Å². The van der Waals surface area contributed by atoms with Crippen LogP contribution in [-0.2, 0) is 10.0 Å². The Hall–Kier alpha value is -1.65. The second-order valence-electron chi connectivity index (χ2n) is 3.33. The summed E-state index contributed by atoms with van der Waals surface area (Å²) in [6, 6.07) is 16.6. The molecule has 2 aromatic rings. The van der Waals surface area contributed by atoms with Crippen molar-refractivity contribution >= 4 is 10.0 Å². The van der Waals surface area contributed by atoms with E-state index in [1.807, 2.05) is 0 Å². The third kappa shape index (κ3) is 2.13. The van der Waals surface area contributed by atoms with Crippen molar-refractivity contribution in [3.8, 4) is 11.1 Å². The first-order valence-electron chi connectivity index (χ1n) is 4.67. The van der Waals surface area contributed by atoms with E-state index in [9.17, 15) is 8.42 Å². The van der Waals surface area contributed by atoms with Gasteiger partial charge in [-0.3, -0.25) is 0 Å². The van der Waals surface area contributed by atoms with Gasteiger partial charge >= 0.3 is 0 Å². The predicted molar refractivity (Wildman–Crippen MR) is 62.1 cm³/mol. The Morgan fingerprint density at radius 3 is 2.25 bits per heavy atom. The van der Waals surface area contributed by atoms with Gasteiger partial charge in [0.1, 0.15) is 0 Å². The van der Waals surface area contributed by atoms with Crippen LogP contribution in [0.25, 0.3) is 11.1 Å². The maximum Gasteiger partial charge on any atom is 0.238 e. The van der Waals surface area contributed by atoms with E-state index >= 15 is 0 Å². The normalized spacial score (nSPS) is 11.3. The molecule has 0 fully saturated rings. The third-order valence-corrected chi connectivity index (χ3v) is 3.19. The molecular formula is C12H10NO2S. The van der Waals surface area contributed by atoms with Gasteiger partial charge in [0.25, 0.3) is 0 Å². The fraction of sp³-hybridized carbons (Fsp3) is 0. The molecule has 1 radical (unpaired) electrons. The summed E-state index contributed by atoms with van der Waals surface area (Å²) < 4.78 is 22.8. The van der Waals surface area contributed by atoms with Crippen molar-refractivity contribution in [1.29, 1.82) is 0 Å². The standard InChI is InChI=1S/C12H10NO2S/c13-16(14,15)12-9-5-4-8-11(12)10-6-2-1-3-7-10/h2-9H,(H2,13,14,15). The molecule has 3 nitrogen and oxygen atoms in total. The van der Waals surface area contributed by atoms with Crippen LogP contribution in [0.2, 0.25) is 0 Å². The molecule has 2 N–H and O–H groups in total. The van der Waals surface area contributed by atoms with Crippen LogP contribution in [0.5, 0.6) is 0 Å². The first kappa shape index (κ1) is 10.9. The number of hydrogen-bond acceptors (Lipinski definition) is 2. The second-order valence-corrected chi connectivity index (χ2v) is 4.86. The molecule has 0 unspecified atom stereocenters. The molecule has 0 heterocycles. The largest absolute Gasteiger partial charge is 0.238 e. The summed E-state index contributed by atoms with van der Waals surface area (Å²) in [5, 5.41) is 5.16. The molecular weight excluding hydrogens is 222 g/mol. The van der Waals surface area contributed by atoms with Crippen molar-refractivity contribution in [2.24, 2.45) is 5.14 Å². The number of sulfonamides is 1. The van der Waals surface area contributed by atoms with E-state index in [-0.39, 0.29) is 4.90 Å². The summed E-state index contributed by atoms with van der Waals surface area (Å²) in [5.41, 5.74) is 1.42. The van der Waals surface area contributed by atoms with E-state index in [1.54, 1.807) is 42.5 Å². The highest BCUT2D eigenvalue weighted by molar-refractivity contribution is 7.89. The molecule has 0 saturated heterocycles. The van der Waals surface area contributed by atoms with Gasteiger partial charge in [0.2, 0.25) is 10.0 Å². The SMILES string of the molecule is NS(=O)(=O)c1ccccc1-c1cc[c]cc1. The molecule has 0 aliphatic rings. The van der Waals surface area contributed by atoms with Crippen molar-refractivity contribution in [2.75, 3.05) is 0 Å². The molecule has 0 saturated carbocycles. The number of nitrogens with two attached hydrogens (primary N) is 1. The van der Waals surface area contributed by atoms with Gasteiger partial charge in [-0.05, 0) is 17.7 Å². The zero-order valence-corrected chi connectivity index (χ0v) is 9.24. The van der Waals surface area contributed by atoms with Crippen LogP contribution in [0.1, 0.15) is 0 Å². The number of primary sulfonamides is 1. The summed E-state index contributed by atoms with van der Waals surface area (Å²) in [6.07, 6.45) is 0. The molecule has 0 aliphatic heterocycles. The highest BCUT2D eigenvalue weighted by Gasteiger charge is 2.13. The second kappa shape index (κ2) is 4.08. The van der Waals surface area contributed by atoms with E-state index in [0.717, 1.165) is 5.56 Å². The molecule has 0 bridgehead atoms. The number of hydrogen-bond donors (Lipinski definition) is 1. The summed E-state index contributed by atoms with van der Waals surface area (Å²) in [7, 11) is -3.69. The summed E-state index contributed by atoms with van der Waals surface area (Å²) in [5.74, 6) is 0. The predicted octanol–water partition coefficient (Wildman–Crippen LogP) is 1.80. The number of rotatable bonds is 2. The van der Waals surface area contributed by atoms with Crippen molar-refractivity contribution in [3.63, 3.8) is 0 Å². The molecule has 0 aliphatic carbocycles. The van der Waals surface area contributed by atoms with E-state index in [1.165, 1.54) is 6.07 Å². The van der Waals surface area contributed by atoms with E-state index in [0.29, 0.717) is 5.56 Å². The van der Waals surface area contributed by atoms with Crippen LogP contribution in [0.4, 0.5) is 0 Å². The van der Waals surface area contributed by atoms with Crippen LogP contribution >= 0.6 is 0 Å². The van der Waals surface area contributed by atoms with Gasteiger partial charge in [0, 0.05) is 5.56 Å². The van der Waals surface area contributed by atoms with Crippen molar-refractivity contribution in [2.45, 2.75) is 4.90 Å². The smallest absolute Gasteiger partial charge is 0.225 e. The Labute approximate surface area is 94.6 Å². The Morgan fingerprint density at radius 1 is 1.00 bits per heavy atom. The summed E-state index contributed by atoms with van der Waals surface area (Å²) in [4.78, 5) is 0.140. The van der Waals surface area contributed by atoms with Crippen LogP contribution in [-0.4, -0.2) is 8.42 Å². The fourth-order valence-electron chi connectivity index (χ4n) is 1.52. The molecule has 0 spiro atoms. The van der Waals surface area contributed by atoms with E-state index in [4.69, 9.17) is 5.14 Å². The Morgan fingerprint density at radius 2 is 1.62 bits per heavy atom. The molecule has 0 aromatic heterocycles. The van der Waals surface area contributed by atoms with E-state index in [2.05, 4.69) is 6.07 Å². The minimum absolute atomic E-state index is 0.140. The van der Waals surface area contributed by atoms with Gasteiger partial charge in [-0.25, -0.2) is 13.6 Å². The lowest BCUT2D eigenvalue weighted by atomic mass is 10.1. The zero-order valence-electron chi connectivity index (χ0n) is 8.42. The maximum absolute atomic E-state index is 11.4. The minimum atomic E-state index is -3.69. The number of benzene rings is 2. The Kier molecular flexibility index (Phi) is 2.77. The molecule has 81 valence electrons. The van der Waals surface area contributed by atoms with Gasteiger partial charge in [-0.2, -0.15) is 0 Å². The monoisotopic (exact) mass is 232 g/mol. The topological polar surface area (TPSA) is 60.2 Å². The maximum atomic E-state index is 11.4.